The van der Waals surface area contributed by atoms with Gasteiger partial charge in [0, 0.05) is 45.7 Å². The smallest absolute Gasteiger partial charge is 0.277 e. The maximum atomic E-state index is 13.4. The minimum Gasteiger partial charge on any atom is -0.491 e. The summed E-state index contributed by atoms with van der Waals surface area (Å²) in [6.07, 6.45) is 3.48. The first-order chi connectivity index (χ1) is 16.0. The van der Waals surface area contributed by atoms with Crippen LogP contribution in [0.5, 0.6) is 5.75 Å². The molecule has 2 aliphatic rings. The molecule has 0 aliphatic carbocycles. The van der Waals surface area contributed by atoms with Crippen molar-refractivity contribution < 1.29 is 19.1 Å². The summed E-state index contributed by atoms with van der Waals surface area (Å²) in [5.74, 6) is 0.820. The van der Waals surface area contributed by atoms with E-state index in [1.807, 2.05) is 43.0 Å². The molecule has 3 heterocycles. The highest BCUT2D eigenvalue weighted by atomic mass is 16.5. The lowest BCUT2D eigenvalue weighted by atomic mass is 10.0. The van der Waals surface area contributed by atoms with Crippen molar-refractivity contribution in [2.45, 2.75) is 20.0 Å². The van der Waals surface area contributed by atoms with Gasteiger partial charge in [0.05, 0.1) is 24.8 Å². The number of aromatic nitrogens is 2. The molecule has 0 unspecified atom stereocenters. The van der Waals surface area contributed by atoms with Gasteiger partial charge in [-0.15, -0.1) is 0 Å². The van der Waals surface area contributed by atoms with Crippen molar-refractivity contribution in [3.63, 3.8) is 0 Å². The molecule has 0 atom stereocenters. The summed E-state index contributed by atoms with van der Waals surface area (Å²) in [6, 6.07) is 9.13. The van der Waals surface area contributed by atoms with Crippen molar-refractivity contribution in [2.24, 2.45) is 0 Å². The predicted octanol–water partition coefficient (Wildman–Crippen LogP) is 1.81. The molecule has 0 saturated carbocycles. The predicted molar refractivity (Wildman–Crippen MR) is 124 cm³/mol. The Morgan fingerprint density at radius 1 is 0.939 bits per heavy atom. The topological polar surface area (TPSA) is 88.1 Å². The largest absolute Gasteiger partial charge is 0.491 e. The highest BCUT2D eigenvalue weighted by Gasteiger charge is 2.42. The second kappa shape index (κ2) is 9.99. The van der Waals surface area contributed by atoms with Gasteiger partial charge in [-0.2, -0.15) is 0 Å². The molecule has 1 fully saturated rings. The lowest BCUT2D eigenvalue weighted by Gasteiger charge is -2.36. The Morgan fingerprint density at radius 3 is 2.18 bits per heavy atom. The molecular formula is C24H29N5O4. The zero-order chi connectivity index (χ0) is 23.4. The van der Waals surface area contributed by atoms with Crippen molar-refractivity contribution >= 4 is 23.3 Å². The average Bonchev–Trinajstić information content (AvgIpc) is 3.08. The van der Waals surface area contributed by atoms with E-state index in [9.17, 15) is 9.59 Å². The summed E-state index contributed by atoms with van der Waals surface area (Å²) in [7, 11) is 1.55. The van der Waals surface area contributed by atoms with Crippen molar-refractivity contribution in [2.75, 3.05) is 51.3 Å². The zero-order valence-electron chi connectivity index (χ0n) is 19.2. The molecule has 0 spiro atoms. The third kappa shape index (κ3) is 4.83. The van der Waals surface area contributed by atoms with E-state index in [1.165, 1.54) is 4.90 Å². The Bertz CT molecular complexity index is 1010. The molecule has 1 aromatic carbocycles. The molecule has 1 saturated heterocycles. The summed E-state index contributed by atoms with van der Waals surface area (Å²) in [5, 5.41) is 0. The number of ether oxygens (including phenoxy) is 2. The zero-order valence-corrected chi connectivity index (χ0v) is 19.2. The standard InChI is InChI=1S/C24H29N5O4/c1-17(2)33-19-7-5-18(6-8-19)20-21(23(31)29(22(20)30)15-16-32-3)27-11-13-28(14-12-27)24-25-9-4-10-26-24/h4-10,17H,11-16H2,1-3H3. The van der Waals surface area contributed by atoms with Gasteiger partial charge in [0.2, 0.25) is 5.95 Å². The normalized spacial score (nSPS) is 16.9. The van der Waals surface area contributed by atoms with E-state index in [4.69, 9.17) is 9.47 Å². The number of anilines is 1. The third-order valence-electron chi connectivity index (χ3n) is 5.61. The molecule has 4 rings (SSSR count). The number of piperazine rings is 1. The lowest BCUT2D eigenvalue weighted by Crippen LogP contribution is -2.48. The van der Waals surface area contributed by atoms with Gasteiger partial charge in [-0.05, 0) is 37.6 Å². The van der Waals surface area contributed by atoms with Crippen LogP contribution in [0.15, 0.2) is 48.4 Å². The van der Waals surface area contributed by atoms with Crippen LogP contribution >= 0.6 is 0 Å². The van der Waals surface area contributed by atoms with Gasteiger partial charge in [-0.3, -0.25) is 14.5 Å². The average molecular weight is 452 g/mol. The first-order valence-electron chi connectivity index (χ1n) is 11.1. The van der Waals surface area contributed by atoms with E-state index in [0.29, 0.717) is 55.6 Å². The number of hydrogen-bond acceptors (Lipinski definition) is 8. The Kier molecular flexibility index (Phi) is 6.88. The van der Waals surface area contributed by atoms with Gasteiger partial charge in [0.25, 0.3) is 11.8 Å². The van der Waals surface area contributed by atoms with Crippen LogP contribution in [0.25, 0.3) is 5.57 Å². The maximum absolute atomic E-state index is 13.4. The van der Waals surface area contributed by atoms with Crippen molar-refractivity contribution in [3.05, 3.63) is 54.0 Å². The van der Waals surface area contributed by atoms with E-state index in [0.717, 1.165) is 5.75 Å². The Labute approximate surface area is 193 Å². The Hall–Kier alpha value is -3.46. The van der Waals surface area contributed by atoms with E-state index in [-0.39, 0.29) is 24.5 Å². The number of nitrogens with zero attached hydrogens (tertiary/aromatic N) is 5. The number of hydrogen-bond donors (Lipinski definition) is 0. The SMILES string of the molecule is COCCN1C(=O)C(c2ccc(OC(C)C)cc2)=C(N2CCN(c3ncccn3)CC2)C1=O. The van der Waals surface area contributed by atoms with Crippen LogP contribution in [0.3, 0.4) is 0 Å². The fraction of sp³-hybridized carbons (Fsp3) is 0.417. The van der Waals surface area contributed by atoms with Crippen LogP contribution < -0.4 is 9.64 Å². The number of rotatable bonds is 8. The molecule has 0 radical (unpaired) electrons. The lowest BCUT2D eigenvalue weighted by molar-refractivity contribution is -0.138. The van der Waals surface area contributed by atoms with Crippen LogP contribution in [0.2, 0.25) is 0 Å². The summed E-state index contributed by atoms with van der Waals surface area (Å²) in [6.45, 7) is 6.91. The molecule has 1 aromatic heterocycles. The maximum Gasteiger partial charge on any atom is 0.277 e. The number of carbonyl (C=O) groups excluding carboxylic acids is 2. The fourth-order valence-electron chi connectivity index (χ4n) is 4.06. The molecule has 33 heavy (non-hydrogen) atoms. The van der Waals surface area contributed by atoms with E-state index >= 15 is 0 Å². The second-order valence-electron chi connectivity index (χ2n) is 8.19. The van der Waals surface area contributed by atoms with Gasteiger partial charge < -0.3 is 19.3 Å². The number of amides is 2. The van der Waals surface area contributed by atoms with Gasteiger partial charge in [-0.1, -0.05) is 12.1 Å². The first-order valence-corrected chi connectivity index (χ1v) is 11.1. The summed E-state index contributed by atoms with van der Waals surface area (Å²) in [5.41, 5.74) is 1.58. The minimum atomic E-state index is -0.293. The molecule has 2 amide bonds. The molecule has 174 valence electrons. The van der Waals surface area contributed by atoms with Crippen molar-refractivity contribution in [3.8, 4) is 5.75 Å². The van der Waals surface area contributed by atoms with Crippen molar-refractivity contribution in [1.29, 1.82) is 0 Å². The molecule has 2 aliphatic heterocycles. The molecule has 0 bridgehead atoms. The first kappa shape index (κ1) is 22.7. The number of imide groups is 1. The Balaban J connectivity index is 1.61. The summed E-state index contributed by atoms with van der Waals surface area (Å²) < 4.78 is 10.9. The fourth-order valence-corrected chi connectivity index (χ4v) is 4.06. The molecule has 9 heteroatoms. The summed E-state index contributed by atoms with van der Waals surface area (Å²) in [4.78, 5) is 40.7. The molecule has 2 aromatic rings. The van der Waals surface area contributed by atoms with E-state index in [1.54, 1.807) is 25.6 Å². The van der Waals surface area contributed by atoms with Gasteiger partial charge in [-0.25, -0.2) is 9.97 Å². The summed E-state index contributed by atoms with van der Waals surface area (Å²) >= 11 is 0. The molecule has 0 N–H and O–H groups in total. The van der Waals surface area contributed by atoms with Crippen LogP contribution in [-0.2, 0) is 14.3 Å². The quantitative estimate of drug-likeness (QED) is 0.562. The molecular weight excluding hydrogens is 422 g/mol. The number of methoxy groups -OCH3 is 1. The minimum absolute atomic E-state index is 0.0507. The van der Waals surface area contributed by atoms with Crippen molar-refractivity contribution in [1.82, 2.24) is 19.8 Å². The monoisotopic (exact) mass is 451 g/mol. The third-order valence-corrected chi connectivity index (χ3v) is 5.61. The Morgan fingerprint density at radius 2 is 1.58 bits per heavy atom. The van der Waals surface area contributed by atoms with Crippen LogP contribution in [0.1, 0.15) is 19.4 Å². The van der Waals surface area contributed by atoms with Gasteiger partial charge in [0.1, 0.15) is 11.4 Å². The number of carbonyl (C=O) groups is 2. The second-order valence-corrected chi connectivity index (χ2v) is 8.19. The number of benzene rings is 1. The highest BCUT2D eigenvalue weighted by molar-refractivity contribution is 6.35. The van der Waals surface area contributed by atoms with Crippen LogP contribution in [0.4, 0.5) is 5.95 Å². The van der Waals surface area contributed by atoms with E-state index in [2.05, 4.69) is 14.9 Å². The van der Waals surface area contributed by atoms with Crippen LogP contribution in [-0.4, -0.2) is 84.1 Å². The van der Waals surface area contributed by atoms with Crippen LogP contribution in [0, 0.1) is 0 Å². The van der Waals surface area contributed by atoms with E-state index < -0.39 is 0 Å². The van der Waals surface area contributed by atoms with Gasteiger partial charge >= 0.3 is 0 Å². The van der Waals surface area contributed by atoms with Gasteiger partial charge in [0.15, 0.2) is 0 Å². The molecule has 9 nitrogen and oxygen atoms in total. The highest BCUT2D eigenvalue weighted by Crippen LogP contribution is 2.33.